The Morgan fingerprint density at radius 1 is 1.56 bits per heavy atom. The Morgan fingerprint density at radius 2 is 2.39 bits per heavy atom. The summed E-state index contributed by atoms with van der Waals surface area (Å²) in [7, 11) is 1.39. The lowest BCUT2D eigenvalue weighted by molar-refractivity contribution is -0.144. The highest BCUT2D eigenvalue weighted by Crippen LogP contribution is 2.43. The van der Waals surface area contributed by atoms with Gasteiger partial charge in [-0.3, -0.25) is 9.59 Å². The summed E-state index contributed by atoms with van der Waals surface area (Å²) in [6.45, 7) is 0.739. The lowest BCUT2D eigenvalue weighted by atomic mass is 9.66. The number of piperidine rings is 1. The highest BCUT2D eigenvalue weighted by Gasteiger charge is 2.43. The Balaban J connectivity index is 2.23. The molecule has 0 aromatic carbocycles. The smallest absolute Gasteiger partial charge is 0.306 e. The van der Waals surface area contributed by atoms with E-state index in [1.54, 1.807) is 0 Å². The van der Waals surface area contributed by atoms with Gasteiger partial charge in [0.25, 0.3) is 0 Å². The summed E-state index contributed by atoms with van der Waals surface area (Å²) >= 11 is 0. The monoisotopic (exact) mass is 249 g/mol. The van der Waals surface area contributed by atoms with Gasteiger partial charge in [-0.2, -0.15) is 0 Å². The van der Waals surface area contributed by atoms with Gasteiger partial charge in [0.1, 0.15) is 0 Å². The van der Waals surface area contributed by atoms with Crippen LogP contribution < -0.4 is 5.32 Å². The van der Waals surface area contributed by atoms with E-state index in [0.717, 1.165) is 25.8 Å². The number of carbonyl (C=O) groups excluding carboxylic acids is 2. The number of amides is 1. The predicted molar refractivity (Wildman–Crippen MR) is 67.7 cm³/mol. The standard InChI is InChI=1S/C14H19NO3/c1-18-12(16)10-14(7-3-2-4-8-14)11-6-5-9-15-13(11)17/h2-4,7,11H,5-6,8-10H2,1H3,(H,15,17)/t11-,14-/m1/s1. The molecular formula is C14H19NO3. The first-order valence-electron chi connectivity index (χ1n) is 6.37. The Bertz CT molecular complexity index is 400. The molecule has 1 aliphatic heterocycles. The van der Waals surface area contributed by atoms with Crippen LogP contribution >= 0.6 is 0 Å². The van der Waals surface area contributed by atoms with Crippen molar-refractivity contribution >= 4 is 11.9 Å². The molecule has 4 nitrogen and oxygen atoms in total. The minimum atomic E-state index is -0.410. The summed E-state index contributed by atoms with van der Waals surface area (Å²) in [6, 6.07) is 0. The van der Waals surface area contributed by atoms with Crippen LogP contribution in [0.2, 0.25) is 0 Å². The third-order valence-electron chi connectivity index (χ3n) is 3.85. The normalized spacial score (nSPS) is 30.9. The average molecular weight is 249 g/mol. The van der Waals surface area contributed by atoms with Crippen molar-refractivity contribution in [2.24, 2.45) is 11.3 Å². The lowest BCUT2D eigenvalue weighted by Gasteiger charge is -2.39. The van der Waals surface area contributed by atoms with Crippen molar-refractivity contribution in [2.45, 2.75) is 25.7 Å². The van der Waals surface area contributed by atoms with E-state index in [2.05, 4.69) is 5.32 Å². The third-order valence-corrected chi connectivity index (χ3v) is 3.85. The number of esters is 1. The largest absolute Gasteiger partial charge is 0.469 e. The molecule has 2 atom stereocenters. The van der Waals surface area contributed by atoms with Gasteiger partial charge in [-0.15, -0.1) is 0 Å². The molecule has 0 unspecified atom stereocenters. The summed E-state index contributed by atoms with van der Waals surface area (Å²) in [5, 5.41) is 2.90. The number of hydrogen-bond acceptors (Lipinski definition) is 3. The van der Waals surface area contributed by atoms with E-state index < -0.39 is 5.41 Å². The molecule has 0 spiro atoms. The van der Waals surface area contributed by atoms with Crippen molar-refractivity contribution < 1.29 is 14.3 Å². The van der Waals surface area contributed by atoms with Crippen LogP contribution in [0.5, 0.6) is 0 Å². The van der Waals surface area contributed by atoms with Gasteiger partial charge in [0, 0.05) is 17.9 Å². The summed E-state index contributed by atoms with van der Waals surface area (Å²) in [4.78, 5) is 23.7. The molecule has 0 radical (unpaired) electrons. The number of allylic oxidation sites excluding steroid dienone is 4. The average Bonchev–Trinajstić information content (AvgIpc) is 2.40. The fraction of sp³-hybridized carbons (Fsp3) is 0.571. The zero-order chi connectivity index (χ0) is 13.0. The van der Waals surface area contributed by atoms with Crippen molar-refractivity contribution in [3.8, 4) is 0 Å². The van der Waals surface area contributed by atoms with Crippen LogP contribution in [0.25, 0.3) is 0 Å². The minimum absolute atomic E-state index is 0.0603. The molecule has 4 heteroatoms. The topological polar surface area (TPSA) is 55.4 Å². The molecule has 2 aliphatic rings. The summed E-state index contributed by atoms with van der Waals surface area (Å²) in [6.07, 6.45) is 10.7. The molecule has 1 aliphatic carbocycles. The highest BCUT2D eigenvalue weighted by molar-refractivity contribution is 5.82. The van der Waals surface area contributed by atoms with Gasteiger partial charge in [-0.1, -0.05) is 24.3 Å². The van der Waals surface area contributed by atoms with Crippen molar-refractivity contribution in [3.63, 3.8) is 0 Å². The van der Waals surface area contributed by atoms with Gasteiger partial charge >= 0.3 is 5.97 Å². The Hall–Kier alpha value is -1.58. The van der Waals surface area contributed by atoms with Gasteiger partial charge in [-0.25, -0.2) is 0 Å². The number of ether oxygens (including phenoxy) is 1. The van der Waals surface area contributed by atoms with Gasteiger partial charge in [0.2, 0.25) is 5.91 Å². The van der Waals surface area contributed by atoms with Crippen LogP contribution in [-0.2, 0) is 14.3 Å². The maximum absolute atomic E-state index is 12.0. The minimum Gasteiger partial charge on any atom is -0.469 e. The number of rotatable bonds is 3. The SMILES string of the molecule is COC(=O)C[C@@]1([C@@H]2CCCNC2=O)C=CC=CC1. The van der Waals surface area contributed by atoms with E-state index in [0.29, 0.717) is 0 Å². The molecule has 18 heavy (non-hydrogen) atoms. The number of methoxy groups -OCH3 is 1. The fourth-order valence-electron chi connectivity index (χ4n) is 2.86. The summed E-state index contributed by atoms with van der Waals surface area (Å²) in [5.41, 5.74) is -0.410. The molecule has 1 N–H and O–H groups in total. The van der Waals surface area contributed by atoms with E-state index in [9.17, 15) is 9.59 Å². The van der Waals surface area contributed by atoms with Gasteiger partial charge in [0.05, 0.1) is 13.5 Å². The van der Waals surface area contributed by atoms with E-state index in [4.69, 9.17) is 4.74 Å². The van der Waals surface area contributed by atoms with E-state index in [1.807, 2.05) is 24.3 Å². The van der Waals surface area contributed by atoms with Crippen LogP contribution in [-0.4, -0.2) is 25.5 Å². The van der Waals surface area contributed by atoms with Crippen molar-refractivity contribution in [2.75, 3.05) is 13.7 Å². The Morgan fingerprint density at radius 3 is 3.00 bits per heavy atom. The Kier molecular flexibility index (Phi) is 3.84. The molecule has 1 heterocycles. The van der Waals surface area contributed by atoms with Crippen molar-refractivity contribution in [1.82, 2.24) is 5.32 Å². The first-order chi connectivity index (χ1) is 8.68. The molecular weight excluding hydrogens is 230 g/mol. The molecule has 0 aromatic heterocycles. The first-order valence-corrected chi connectivity index (χ1v) is 6.37. The number of nitrogens with one attached hydrogen (secondary N) is 1. The summed E-state index contributed by atoms with van der Waals surface area (Å²) < 4.78 is 4.78. The molecule has 2 rings (SSSR count). The predicted octanol–water partition coefficient (Wildman–Crippen LogP) is 1.58. The van der Waals surface area contributed by atoms with Crippen LogP contribution in [0, 0.1) is 11.3 Å². The first kappa shape index (κ1) is 12.9. The second kappa shape index (κ2) is 5.38. The second-order valence-electron chi connectivity index (χ2n) is 4.96. The van der Waals surface area contributed by atoms with Crippen LogP contribution in [0.3, 0.4) is 0 Å². The van der Waals surface area contributed by atoms with Gasteiger partial charge < -0.3 is 10.1 Å². The molecule has 0 bridgehead atoms. The number of hydrogen-bond donors (Lipinski definition) is 1. The highest BCUT2D eigenvalue weighted by atomic mass is 16.5. The van der Waals surface area contributed by atoms with E-state index in [-0.39, 0.29) is 24.2 Å². The molecule has 1 saturated heterocycles. The fourth-order valence-corrected chi connectivity index (χ4v) is 2.86. The van der Waals surface area contributed by atoms with E-state index >= 15 is 0 Å². The molecule has 0 aromatic rings. The van der Waals surface area contributed by atoms with Crippen LogP contribution in [0.4, 0.5) is 0 Å². The van der Waals surface area contributed by atoms with Crippen molar-refractivity contribution in [3.05, 3.63) is 24.3 Å². The Labute approximate surface area is 107 Å². The zero-order valence-corrected chi connectivity index (χ0v) is 10.6. The zero-order valence-electron chi connectivity index (χ0n) is 10.6. The molecule has 1 amide bonds. The maximum Gasteiger partial charge on any atom is 0.306 e. The third kappa shape index (κ3) is 2.47. The quantitative estimate of drug-likeness (QED) is 0.773. The number of carbonyl (C=O) groups is 2. The van der Waals surface area contributed by atoms with Gasteiger partial charge in [0.15, 0.2) is 0 Å². The van der Waals surface area contributed by atoms with E-state index in [1.165, 1.54) is 7.11 Å². The van der Waals surface area contributed by atoms with Gasteiger partial charge in [-0.05, 0) is 19.3 Å². The second-order valence-corrected chi connectivity index (χ2v) is 4.96. The lowest BCUT2D eigenvalue weighted by Crippen LogP contribution is -2.46. The van der Waals surface area contributed by atoms with Crippen molar-refractivity contribution in [1.29, 1.82) is 0 Å². The molecule has 0 saturated carbocycles. The van der Waals surface area contributed by atoms with Crippen LogP contribution in [0.1, 0.15) is 25.7 Å². The summed E-state index contributed by atoms with van der Waals surface area (Å²) in [5.74, 6) is -0.329. The maximum atomic E-state index is 12.0. The van der Waals surface area contributed by atoms with Crippen LogP contribution in [0.15, 0.2) is 24.3 Å². The molecule has 1 fully saturated rings. The molecule has 98 valence electrons.